The number of aryl methyl sites for hydroxylation is 1. The lowest BCUT2D eigenvalue weighted by Crippen LogP contribution is -2.25. The Morgan fingerprint density at radius 3 is 2.88 bits per heavy atom. The Morgan fingerprint density at radius 2 is 2.25 bits per heavy atom. The molecule has 1 atom stereocenters. The molecule has 0 aliphatic carbocycles. The van der Waals surface area contributed by atoms with E-state index in [0.717, 1.165) is 26.1 Å². The number of ether oxygens (including phenoxy) is 1. The minimum Gasteiger partial charge on any atom is -0.380 e. The maximum absolute atomic E-state index is 5.47. The summed E-state index contributed by atoms with van der Waals surface area (Å²) in [5, 5.41) is 7.75. The molecule has 1 aromatic rings. The molecule has 92 valence electrons. The molecule has 0 spiro atoms. The van der Waals surface area contributed by atoms with E-state index in [-0.39, 0.29) is 6.04 Å². The van der Waals surface area contributed by atoms with Crippen molar-refractivity contribution in [3.05, 3.63) is 18.0 Å². The number of likely N-dealkylation sites (N-methyl/N-ethyl adjacent to an activating group) is 1. The van der Waals surface area contributed by atoms with Gasteiger partial charge in [0, 0.05) is 24.9 Å². The highest BCUT2D eigenvalue weighted by molar-refractivity contribution is 5.10. The molecule has 0 bridgehead atoms. The van der Waals surface area contributed by atoms with Crippen molar-refractivity contribution in [3.63, 3.8) is 0 Å². The van der Waals surface area contributed by atoms with Crippen LogP contribution in [0.4, 0.5) is 0 Å². The highest BCUT2D eigenvalue weighted by atomic mass is 16.5. The Kier molecular flexibility index (Phi) is 6.11. The van der Waals surface area contributed by atoms with Crippen LogP contribution in [0.25, 0.3) is 0 Å². The van der Waals surface area contributed by atoms with E-state index in [2.05, 4.69) is 30.5 Å². The van der Waals surface area contributed by atoms with Crippen LogP contribution < -0.4 is 5.32 Å². The quantitative estimate of drug-likeness (QED) is 0.735. The fourth-order valence-corrected chi connectivity index (χ4v) is 1.67. The molecule has 1 aromatic heterocycles. The molecule has 4 nitrogen and oxygen atoms in total. The van der Waals surface area contributed by atoms with Crippen molar-refractivity contribution in [2.24, 2.45) is 0 Å². The summed E-state index contributed by atoms with van der Waals surface area (Å²) >= 11 is 0. The van der Waals surface area contributed by atoms with E-state index in [1.807, 2.05) is 17.8 Å². The minimum atomic E-state index is 0.260. The van der Waals surface area contributed by atoms with Gasteiger partial charge in [0.1, 0.15) is 0 Å². The Hall–Kier alpha value is -0.870. The number of hydrogen-bond donors (Lipinski definition) is 1. The van der Waals surface area contributed by atoms with Crippen LogP contribution in [0.3, 0.4) is 0 Å². The maximum atomic E-state index is 5.47. The first-order chi connectivity index (χ1) is 7.81. The Morgan fingerprint density at radius 1 is 1.44 bits per heavy atom. The van der Waals surface area contributed by atoms with Gasteiger partial charge in [0.2, 0.25) is 0 Å². The Labute approximate surface area is 98.0 Å². The lowest BCUT2D eigenvalue weighted by Gasteiger charge is -2.15. The van der Waals surface area contributed by atoms with Crippen LogP contribution in [0.5, 0.6) is 0 Å². The van der Waals surface area contributed by atoms with Crippen molar-refractivity contribution in [1.29, 1.82) is 0 Å². The van der Waals surface area contributed by atoms with Gasteiger partial charge in [-0.1, -0.05) is 13.8 Å². The smallest absolute Gasteiger partial charge is 0.0662 e. The van der Waals surface area contributed by atoms with Crippen molar-refractivity contribution in [2.75, 3.05) is 19.8 Å². The zero-order valence-corrected chi connectivity index (χ0v) is 10.6. The monoisotopic (exact) mass is 225 g/mol. The van der Waals surface area contributed by atoms with Crippen LogP contribution in [-0.4, -0.2) is 29.5 Å². The molecular formula is C12H23N3O. The standard InChI is InChI=1S/C12H23N3O/c1-4-7-15-9-11(8-14-15)12(13-5-2)10-16-6-3/h8-9,12-13H,4-7,10H2,1-3H3. The van der Waals surface area contributed by atoms with Gasteiger partial charge in [-0.15, -0.1) is 0 Å². The summed E-state index contributed by atoms with van der Waals surface area (Å²) in [5.74, 6) is 0. The minimum absolute atomic E-state index is 0.260. The summed E-state index contributed by atoms with van der Waals surface area (Å²) in [6.07, 6.45) is 5.15. The predicted octanol–water partition coefficient (Wildman–Crippen LogP) is 1.98. The third kappa shape index (κ3) is 3.94. The second-order valence-electron chi connectivity index (χ2n) is 3.81. The molecule has 1 rings (SSSR count). The largest absolute Gasteiger partial charge is 0.380 e. The van der Waals surface area contributed by atoms with E-state index >= 15 is 0 Å². The SMILES string of the molecule is CCCn1cc(C(COCC)NCC)cn1. The molecule has 1 heterocycles. The Balaban J connectivity index is 2.59. The summed E-state index contributed by atoms with van der Waals surface area (Å²) in [6.45, 7) is 9.67. The van der Waals surface area contributed by atoms with Crippen LogP contribution in [0.1, 0.15) is 38.8 Å². The molecule has 0 aliphatic heterocycles. The lowest BCUT2D eigenvalue weighted by molar-refractivity contribution is 0.123. The molecule has 1 N–H and O–H groups in total. The first-order valence-electron chi connectivity index (χ1n) is 6.15. The summed E-state index contributed by atoms with van der Waals surface area (Å²) in [7, 11) is 0. The van der Waals surface area contributed by atoms with E-state index in [4.69, 9.17) is 4.74 Å². The van der Waals surface area contributed by atoms with E-state index < -0.39 is 0 Å². The topological polar surface area (TPSA) is 39.1 Å². The van der Waals surface area contributed by atoms with Gasteiger partial charge in [-0.25, -0.2) is 0 Å². The van der Waals surface area contributed by atoms with E-state index in [0.29, 0.717) is 6.61 Å². The van der Waals surface area contributed by atoms with E-state index in [1.165, 1.54) is 5.56 Å². The highest BCUT2D eigenvalue weighted by Gasteiger charge is 2.12. The van der Waals surface area contributed by atoms with Gasteiger partial charge in [-0.2, -0.15) is 5.10 Å². The average Bonchev–Trinajstić information content (AvgIpc) is 2.73. The van der Waals surface area contributed by atoms with Crippen molar-refractivity contribution in [3.8, 4) is 0 Å². The second kappa shape index (κ2) is 7.41. The van der Waals surface area contributed by atoms with Gasteiger partial charge in [-0.3, -0.25) is 4.68 Å². The number of aromatic nitrogens is 2. The maximum Gasteiger partial charge on any atom is 0.0662 e. The van der Waals surface area contributed by atoms with Crippen LogP contribution >= 0.6 is 0 Å². The van der Waals surface area contributed by atoms with E-state index in [9.17, 15) is 0 Å². The number of hydrogen-bond acceptors (Lipinski definition) is 3. The zero-order valence-electron chi connectivity index (χ0n) is 10.6. The van der Waals surface area contributed by atoms with Crippen LogP contribution in [0, 0.1) is 0 Å². The van der Waals surface area contributed by atoms with Crippen LogP contribution in [0.2, 0.25) is 0 Å². The molecule has 0 fully saturated rings. The lowest BCUT2D eigenvalue weighted by atomic mass is 10.2. The highest BCUT2D eigenvalue weighted by Crippen LogP contribution is 2.12. The molecule has 16 heavy (non-hydrogen) atoms. The van der Waals surface area contributed by atoms with Gasteiger partial charge in [0.05, 0.1) is 18.8 Å². The van der Waals surface area contributed by atoms with E-state index in [1.54, 1.807) is 0 Å². The first kappa shape index (κ1) is 13.2. The molecule has 0 saturated carbocycles. The molecule has 0 aliphatic rings. The fourth-order valence-electron chi connectivity index (χ4n) is 1.67. The molecule has 0 aromatic carbocycles. The first-order valence-corrected chi connectivity index (χ1v) is 6.15. The summed E-state index contributed by atoms with van der Waals surface area (Å²) in [6, 6.07) is 0.260. The predicted molar refractivity (Wildman–Crippen MR) is 65.4 cm³/mol. The normalized spacial score (nSPS) is 12.9. The van der Waals surface area contributed by atoms with Gasteiger partial charge < -0.3 is 10.1 Å². The van der Waals surface area contributed by atoms with Crippen molar-refractivity contribution >= 4 is 0 Å². The third-order valence-electron chi connectivity index (χ3n) is 2.45. The fraction of sp³-hybridized carbons (Fsp3) is 0.750. The summed E-state index contributed by atoms with van der Waals surface area (Å²) < 4.78 is 7.46. The van der Waals surface area contributed by atoms with Crippen LogP contribution in [0.15, 0.2) is 12.4 Å². The summed E-state index contributed by atoms with van der Waals surface area (Å²) in [5.41, 5.74) is 1.21. The van der Waals surface area contributed by atoms with Crippen molar-refractivity contribution in [1.82, 2.24) is 15.1 Å². The van der Waals surface area contributed by atoms with Crippen molar-refractivity contribution in [2.45, 2.75) is 39.8 Å². The van der Waals surface area contributed by atoms with Gasteiger partial charge in [0.15, 0.2) is 0 Å². The zero-order chi connectivity index (χ0) is 11.8. The molecule has 0 amide bonds. The third-order valence-corrected chi connectivity index (χ3v) is 2.45. The number of nitrogens with one attached hydrogen (secondary N) is 1. The number of rotatable bonds is 8. The number of nitrogens with zero attached hydrogens (tertiary/aromatic N) is 2. The molecule has 0 radical (unpaired) electrons. The van der Waals surface area contributed by atoms with Gasteiger partial charge in [0.25, 0.3) is 0 Å². The summed E-state index contributed by atoms with van der Waals surface area (Å²) in [4.78, 5) is 0. The van der Waals surface area contributed by atoms with Gasteiger partial charge >= 0.3 is 0 Å². The second-order valence-corrected chi connectivity index (χ2v) is 3.81. The van der Waals surface area contributed by atoms with Gasteiger partial charge in [-0.05, 0) is 19.9 Å². The molecular weight excluding hydrogens is 202 g/mol. The van der Waals surface area contributed by atoms with Crippen LogP contribution in [-0.2, 0) is 11.3 Å². The Bertz CT molecular complexity index is 286. The molecule has 4 heteroatoms. The average molecular weight is 225 g/mol. The molecule has 0 saturated heterocycles. The van der Waals surface area contributed by atoms with Crippen molar-refractivity contribution < 1.29 is 4.74 Å². The molecule has 1 unspecified atom stereocenters.